The van der Waals surface area contributed by atoms with Crippen LogP contribution in [0.4, 0.5) is 0 Å². The second-order valence-electron chi connectivity index (χ2n) is 3.54. The Balaban J connectivity index is 0.000000500. The minimum Gasteiger partial charge on any atom is -0.369 e. The Morgan fingerprint density at radius 1 is 1.30 bits per heavy atom. The summed E-state index contributed by atoms with van der Waals surface area (Å²) in [6, 6.07) is 0. The third kappa shape index (κ3) is 0.620. The Bertz CT molecular complexity index is 172. The first-order valence-corrected chi connectivity index (χ1v) is 3.15. The third-order valence-corrected chi connectivity index (χ3v) is 2.59. The Kier molecular flexibility index (Phi) is 1.29. The van der Waals surface area contributed by atoms with Crippen molar-refractivity contribution in [1.29, 1.82) is 0 Å². The van der Waals surface area contributed by atoms with E-state index in [9.17, 15) is 4.79 Å². The number of hydrogen-bond donors (Lipinski definition) is 2. The van der Waals surface area contributed by atoms with E-state index in [4.69, 9.17) is 11.5 Å². The quantitative estimate of drug-likeness (QED) is 0.560. The molecule has 3 fully saturated rings. The Hall–Kier alpha value is -0.280. The molecule has 0 aromatic rings. The number of primary amides is 1. The molecule has 0 heterocycles. The maximum absolute atomic E-state index is 10.7. The lowest BCUT2D eigenvalue weighted by Gasteiger charge is -2.67. The van der Waals surface area contributed by atoms with Crippen molar-refractivity contribution < 1.29 is 4.79 Å². The molecule has 0 aliphatic heterocycles. The second-order valence-corrected chi connectivity index (χ2v) is 3.54. The summed E-state index contributed by atoms with van der Waals surface area (Å²) < 4.78 is 0. The number of rotatable bonds is 1. The highest BCUT2D eigenvalue weighted by atomic mass is 35.5. The average Bonchev–Trinajstić information content (AvgIpc) is 1.54. The van der Waals surface area contributed by atoms with Crippen molar-refractivity contribution in [1.82, 2.24) is 0 Å². The van der Waals surface area contributed by atoms with Crippen LogP contribution in [-0.4, -0.2) is 11.4 Å². The molecule has 0 unspecified atom stereocenters. The van der Waals surface area contributed by atoms with Crippen molar-refractivity contribution in [3.8, 4) is 0 Å². The lowest BCUT2D eigenvalue weighted by Crippen LogP contribution is -2.75. The zero-order valence-corrected chi connectivity index (χ0v) is 6.41. The van der Waals surface area contributed by atoms with Crippen LogP contribution in [0.2, 0.25) is 0 Å². The number of hydrogen-bond acceptors (Lipinski definition) is 2. The number of nitrogens with two attached hydrogens (primary N) is 2. The first-order chi connectivity index (χ1) is 4.06. The van der Waals surface area contributed by atoms with Crippen LogP contribution in [0.15, 0.2) is 0 Å². The van der Waals surface area contributed by atoms with Gasteiger partial charge in [-0.1, -0.05) is 0 Å². The fourth-order valence-corrected chi connectivity index (χ4v) is 2.13. The summed E-state index contributed by atoms with van der Waals surface area (Å²) in [5.41, 5.74) is 10.7. The minimum atomic E-state index is -0.158. The van der Waals surface area contributed by atoms with Crippen LogP contribution in [0.1, 0.15) is 19.3 Å². The average molecular weight is 163 g/mol. The Morgan fingerprint density at radius 2 is 1.70 bits per heavy atom. The number of amides is 1. The fourth-order valence-electron chi connectivity index (χ4n) is 2.13. The largest absolute Gasteiger partial charge is 0.369 e. The minimum absolute atomic E-state index is 0. The Morgan fingerprint density at radius 3 is 1.80 bits per heavy atom. The van der Waals surface area contributed by atoms with Gasteiger partial charge in [0.05, 0.1) is 5.41 Å². The molecule has 10 heavy (non-hydrogen) atoms. The topological polar surface area (TPSA) is 69.1 Å². The van der Waals surface area contributed by atoms with Crippen molar-refractivity contribution >= 4 is 18.3 Å². The fraction of sp³-hybridized carbons (Fsp3) is 0.833. The van der Waals surface area contributed by atoms with Crippen LogP contribution in [0.25, 0.3) is 0 Å². The summed E-state index contributed by atoms with van der Waals surface area (Å²) >= 11 is 0. The van der Waals surface area contributed by atoms with Crippen molar-refractivity contribution in [2.75, 3.05) is 0 Å². The highest BCUT2D eigenvalue weighted by molar-refractivity contribution is 5.85. The predicted octanol–water partition coefficient (Wildman–Crippen LogP) is -0.225. The van der Waals surface area contributed by atoms with E-state index in [1.54, 1.807) is 0 Å². The molecule has 0 aromatic carbocycles. The summed E-state index contributed by atoms with van der Waals surface area (Å²) in [4.78, 5) is 10.7. The molecule has 0 aromatic heterocycles. The van der Waals surface area contributed by atoms with E-state index in [0.717, 1.165) is 19.3 Å². The molecule has 0 atom stereocenters. The van der Waals surface area contributed by atoms with Gasteiger partial charge in [0.25, 0.3) is 0 Å². The molecule has 58 valence electrons. The van der Waals surface area contributed by atoms with Crippen LogP contribution in [0, 0.1) is 5.41 Å². The second kappa shape index (κ2) is 1.66. The molecule has 3 aliphatic rings. The van der Waals surface area contributed by atoms with E-state index in [0.29, 0.717) is 0 Å². The van der Waals surface area contributed by atoms with Gasteiger partial charge in [-0.05, 0) is 19.3 Å². The molecule has 1 amide bonds. The van der Waals surface area contributed by atoms with Gasteiger partial charge in [0, 0.05) is 5.54 Å². The molecule has 0 spiro atoms. The summed E-state index contributed by atoms with van der Waals surface area (Å²) in [7, 11) is 0. The van der Waals surface area contributed by atoms with E-state index < -0.39 is 0 Å². The van der Waals surface area contributed by atoms with Gasteiger partial charge in [-0.2, -0.15) is 0 Å². The number of carbonyl (C=O) groups is 1. The van der Waals surface area contributed by atoms with Gasteiger partial charge < -0.3 is 11.5 Å². The van der Waals surface area contributed by atoms with Gasteiger partial charge in [-0.25, -0.2) is 0 Å². The van der Waals surface area contributed by atoms with Crippen LogP contribution >= 0.6 is 12.4 Å². The van der Waals surface area contributed by atoms with Gasteiger partial charge in [-0.15, -0.1) is 12.4 Å². The monoisotopic (exact) mass is 162 g/mol. The first kappa shape index (κ1) is 7.82. The maximum Gasteiger partial charge on any atom is 0.223 e. The van der Waals surface area contributed by atoms with Gasteiger partial charge in [0.2, 0.25) is 5.91 Å². The first-order valence-electron chi connectivity index (χ1n) is 3.15. The lowest BCUT2D eigenvalue weighted by molar-refractivity contribution is -0.168. The number of halogens is 1. The van der Waals surface area contributed by atoms with Crippen LogP contribution in [0.5, 0.6) is 0 Å². The highest BCUT2D eigenvalue weighted by Crippen LogP contribution is 2.65. The predicted molar refractivity (Wildman–Crippen MR) is 39.6 cm³/mol. The molecule has 0 saturated heterocycles. The molecule has 0 radical (unpaired) electrons. The molecule has 3 saturated carbocycles. The van der Waals surface area contributed by atoms with Crippen molar-refractivity contribution in [2.45, 2.75) is 24.8 Å². The molecule has 3 rings (SSSR count). The third-order valence-electron chi connectivity index (χ3n) is 2.59. The van der Waals surface area contributed by atoms with Gasteiger partial charge in [0.1, 0.15) is 0 Å². The van der Waals surface area contributed by atoms with E-state index in [-0.39, 0.29) is 29.3 Å². The SMILES string of the molecule is Cl.NC(=O)C12CC(N)(C1)C2. The molecule has 2 bridgehead atoms. The van der Waals surface area contributed by atoms with Crippen molar-refractivity contribution in [3.63, 3.8) is 0 Å². The normalized spacial score (nSPS) is 48.1. The van der Waals surface area contributed by atoms with Gasteiger partial charge in [0.15, 0.2) is 0 Å². The standard InChI is InChI=1S/C6H10N2O.ClH/c7-4(9)5-1-6(8,2-5)3-5;/h1-3,8H2,(H2,7,9);1H. The van der Waals surface area contributed by atoms with E-state index in [1.165, 1.54) is 0 Å². The summed E-state index contributed by atoms with van der Waals surface area (Å²) in [6.45, 7) is 0. The summed E-state index contributed by atoms with van der Waals surface area (Å²) in [5, 5.41) is 0. The maximum atomic E-state index is 10.7. The van der Waals surface area contributed by atoms with E-state index in [2.05, 4.69) is 0 Å². The van der Waals surface area contributed by atoms with Crippen molar-refractivity contribution in [2.24, 2.45) is 16.9 Å². The molecular formula is C6H11ClN2O. The van der Waals surface area contributed by atoms with E-state index in [1.807, 2.05) is 0 Å². The van der Waals surface area contributed by atoms with Crippen LogP contribution in [0.3, 0.4) is 0 Å². The highest BCUT2D eigenvalue weighted by Gasteiger charge is 2.69. The molecular weight excluding hydrogens is 152 g/mol. The van der Waals surface area contributed by atoms with Gasteiger partial charge in [-0.3, -0.25) is 4.79 Å². The van der Waals surface area contributed by atoms with Crippen LogP contribution < -0.4 is 11.5 Å². The van der Waals surface area contributed by atoms with Gasteiger partial charge >= 0.3 is 0 Å². The molecule has 3 nitrogen and oxygen atoms in total. The summed E-state index contributed by atoms with van der Waals surface area (Å²) in [6.07, 6.45) is 2.49. The van der Waals surface area contributed by atoms with E-state index >= 15 is 0 Å². The van der Waals surface area contributed by atoms with Crippen LogP contribution in [-0.2, 0) is 4.79 Å². The number of carbonyl (C=O) groups excluding carboxylic acids is 1. The molecule has 4 N–H and O–H groups in total. The smallest absolute Gasteiger partial charge is 0.223 e. The van der Waals surface area contributed by atoms with Crippen molar-refractivity contribution in [3.05, 3.63) is 0 Å². The zero-order chi connectivity index (χ0) is 6.70. The lowest BCUT2D eigenvalue weighted by atomic mass is 9.39. The molecule has 4 heteroatoms. The summed E-state index contributed by atoms with van der Waals surface area (Å²) in [5.74, 6) is -0.158. The Labute approximate surface area is 65.5 Å². The zero-order valence-electron chi connectivity index (χ0n) is 5.59. The molecule has 3 aliphatic carbocycles.